The number of aliphatic carboxylic acids is 1. The van der Waals surface area contributed by atoms with Gasteiger partial charge in [0.2, 0.25) is 0 Å². The Bertz CT molecular complexity index is 796. The maximum absolute atomic E-state index is 12.9. The van der Waals surface area contributed by atoms with E-state index in [0.29, 0.717) is 37.4 Å². The van der Waals surface area contributed by atoms with Crippen molar-refractivity contribution in [1.29, 1.82) is 0 Å². The smallest absolute Gasteiger partial charge is 0.311 e. The molecule has 1 N–H and O–H groups in total. The van der Waals surface area contributed by atoms with Gasteiger partial charge in [0.15, 0.2) is 0 Å². The van der Waals surface area contributed by atoms with Crippen LogP contribution in [0.1, 0.15) is 42.5 Å². The summed E-state index contributed by atoms with van der Waals surface area (Å²) in [6.45, 7) is 0.947. The summed E-state index contributed by atoms with van der Waals surface area (Å²) in [6, 6.07) is 7.37. The number of nitrogens with zero attached hydrogens (tertiary/aromatic N) is 3. The second-order valence-electron chi connectivity index (χ2n) is 7.58. The fourth-order valence-corrected chi connectivity index (χ4v) is 3.98. The Morgan fingerprint density at radius 3 is 2.62 bits per heavy atom. The summed E-state index contributed by atoms with van der Waals surface area (Å²) in [7, 11) is 0. The molecule has 136 valence electrons. The number of benzene rings is 1. The Morgan fingerprint density at radius 2 is 2.00 bits per heavy atom. The first-order chi connectivity index (χ1) is 12.6. The van der Waals surface area contributed by atoms with Crippen LogP contribution in [0.3, 0.4) is 0 Å². The van der Waals surface area contributed by atoms with Crippen LogP contribution in [0.15, 0.2) is 43.0 Å². The molecule has 1 aromatic carbocycles. The van der Waals surface area contributed by atoms with Gasteiger partial charge in [-0.05, 0) is 49.4 Å². The van der Waals surface area contributed by atoms with Crippen LogP contribution >= 0.6 is 0 Å². The molecule has 2 fully saturated rings. The number of aromatic nitrogens is 2. The van der Waals surface area contributed by atoms with Gasteiger partial charge in [-0.15, -0.1) is 0 Å². The lowest BCUT2D eigenvalue weighted by Gasteiger charge is -2.40. The summed E-state index contributed by atoms with van der Waals surface area (Å²) in [4.78, 5) is 30.6. The molecule has 1 aromatic heterocycles. The first kappa shape index (κ1) is 16.8. The minimum absolute atomic E-state index is 0.0803. The number of hydrogen-bond acceptors (Lipinski definition) is 3. The predicted octanol–water partition coefficient (Wildman–Crippen LogP) is 2.98. The number of likely N-dealkylation sites (tertiary alicyclic amines) is 1. The average molecular weight is 353 g/mol. The zero-order valence-corrected chi connectivity index (χ0v) is 14.7. The lowest BCUT2D eigenvalue weighted by molar-refractivity contribution is -0.152. The molecular weight excluding hydrogens is 330 g/mol. The summed E-state index contributed by atoms with van der Waals surface area (Å²) in [5, 5.41) is 9.83. The van der Waals surface area contributed by atoms with E-state index in [0.717, 1.165) is 24.9 Å². The fourth-order valence-electron chi connectivity index (χ4n) is 3.98. The highest BCUT2D eigenvalue weighted by atomic mass is 16.4. The lowest BCUT2D eigenvalue weighted by Crippen LogP contribution is -2.50. The Hall–Kier alpha value is -2.63. The van der Waals surface area contributed by atoms with Gasteiger partial charge in [0, 0.05) is 36.7 Å². The van der Waals surface area contributed by atoms with Crippen LogP contribution in [0.4, 0.5) is 0 Å². The highest BCUT2D eigenvalue weighted by Gasteiger charge is 2.46. The van der Waals surface area contributed by atoms with Gasteiger partial charge in [-0.1, -0.05) is 12.8 Å². The van der Waals surface area contributed by atoms with Crippen molar-refractivity contribution in [2.75, 3.05) is 13.1 Å². The average Bonchev–Trinajstić information content (AvgIpc) is 3.29. The Labute approximate surface area is 152 Å². The van der Waals surface area contributed by atoms with Gasteiger partial charge in [-0.2, -0.15) is 0 Å². The number of carbonyl (C=O) groups excluding carboxylic acids is 1. The van der Waals surface area contributed by atoms with E-state index in [9.17, 15) is 14.7 Å². The van der Waals surface area contributed by atoms with E-state index in [1.807, 2.05) is 22.9 Å². The number of imidazole rings is 1. The standard InChI is InChI=1S/C20H23N3O3/c24-18(16-4-6-17(7-5-16)23-11-9-21-14-23)22-10-1-8-20(13-22,19(25)26)12-15-2-3-15/h4-7,9,11,14-15H,1-3,8,10,12-13H2,(H,25,26)/t20-/m1/s1. The zero-order chi connectivity index (χ0) is 18.1. The Balaban J connectivity index is 1.51. The summed E-state index contributed by atoms with van der Waals surface area (Å²) in [6.07, 6.45) is 9.63. The molecule has 2 aromatic rings. The molecule has 6 nitrogen and oxygen atoms in total. The van der Waals surface area contributed by atoms with Gasteiger partial charge in [-0.3, -0.25) is 9.59 Å². The van der Waals surface area contributed by atoms with Crippen LogP contribution < -0.4 is 0 Å². The molecule has 1 saturated carbocycles. The van der Waals surface area contributed by atoms with Crippen molar-refractivity contribution in [1.82, 2.24) is 14.5 Å². The number of carboxylic acid groups (broad SMARTS) is 1. The summed E-state index contributed by atoms with van der Waals surface area (Å²) in [5.41, 5.74) is 0.763. The molecule has 1 atom stereocenters. The SMILES string of the molecule is O=C(c1ccc(-n2ccnc2)cc1)N1CCC[C@](CC2CC2)(C(=O)O)C1. The van der Waals surface area contributed by atoms with Crippen molar-refractivity contribution < 1.29 is 14.7 Å². The van der Waals surface area contributed by atoms with E-state index in [4.69, 9.17) is 0 Å². The minimum atomic E-state index is -0.772. The third-order valence-electron chi connectivity index (χ3n) is 5.61. The lowest BCUT2D eigenvalue weighted by atomic mass is 9.75. The van der Waals surface area contributed by atoms with Gasteiger partial charge < -0.3 is 14.6 Å². The Kier molecular flexibility index (Phi) is 4.26. The predicted molar refractivity (Wildman–Crippen MR) is 96.1 cm³/mol. The first-order valence-electron chi connectivity index (χ1n) is 9.18. The van der Waals surface area contributed by atoms with E-state index in [1.54, 1.807) is 29.6 Å². The highest BCUT2D eigenvalue weighted by Crippen LogP contribution is 2.45. The molecule has 0 bridgehead atoms. The number of carboxylic acids is 1. The van der Waals surface area contributed by atoms with Crippen LogP contribution in [0.25, 0.3) is 5.69 Å². The molecular formula is C20H23N3O3. The third kappa shape index (κ3) is 3.23. The summed E-state index contributed by atoms with van der Waals surface area (Å²) >= 11 is 0. The summed E-state index contributed by atoms with van der Waals surface area (Å²) < 4.78 is 1.88. The van der Waals surface area contributed by atoms with Crippen LogP contribution in [-0.4, -0.2) is 44.5 Å². The maximum atomic E-state index is 12.9. The quantitative estimate of drug-likeness (QED) is 0.897. The van der Waals surface area contributed by atoms with E-state index in [2.05, 4.69) is 4.98 Å². The van der Waals surface area contributed by atoms with Gasteiger partial charge >= 0.3 is 5.97 Å². The summed E-state index contributed by atoms with van der Waals surface area (Å²) in [5.74, 6) is -0.309. The molecule has 1 aliphatic carbocycles. The third-order valence-corrected chi connectivity index (χ3v) is 5.61. The fraction of sp³-hybridized carbons (Fsp3) is 0.450. The molecule has 1 amide bonds. The molecule has 6 heteroatoms. The molecule has 1 saturated heterocycles. The van der Waals surface area contributed by atoms with E-state index in [-0.39, 0.29) is 5.91 Å². The molecule has 2 aliphatic rings. The van der Waals surface area contributed by atoms with Gasteiger partial charge in [-0.25, -0.2) is 4.98 Å². The molecule has 2 heterocycles. The maximum Gasteiger partial charge on any atom is 0.311 e. The van der Waals surface area contributed by atoms with Crippen molar-refractivity contribution in [3.63, 3.8) is 0 Å². The number of piperidine rings is 1. The Morgan fingerprint density at radius 1 is 1.23 bits per heavy atom. The highest BCUT2D eigenvalue weighted by molar-refractivity contribution is 5.95. The van der Waals surface area contributed by atoms with Gasteiger partial charge in [0.1, 0.15) is 0 Å². The number of amides is 1. The van der Waals surface area contributed by atoms with Crippen molar-refractivity contribution >= 4 is 11.9 Å². The zero-order valence-electron chi connectivity index (χ0n) is 14.7. The molecule has 0 spiro atoms. The van der Waals surface area contributed by atoms with Crippen molar-refractivity contribution in [2.24, 2.45) is 11.3 Å². The van der Waals surface area contributed by atoms with Crippen molar-refractivity contribution in [3.8, 4) is 5.69 Å². The largest absolute Gasteiger partial charge is 0.481 e. The van der Waals surface area contributed by atoms with E-state index < -0.39 is 11.4 Å². The van der Waals surface area contributed by atoms with Crippen LogP contribution in [0.2, 0.25) is 0 Å². The second kappa shape index (κ2) is 6.59. The van der Waals surface area contributed by atoms with E-state index >= 15 is 0 Å². The first-order valence-corrected chi connectivity index (χ1v) is 9.18. The molecule has 4 rings (SSSR count). The topological polar surface area (TPSA) is 75.4 Å². The second-order valence-corrected chi connectivity index (χ2v) is 7.58. The number of carbonyl (C=O) groups is 2. The molecule has 0 unspecified atom stereocenters. The number of rotatable bonds is 5. The van der Waals surface area contributed by atoms with Crippen molar-refractivity contribution in [3.05, 3.63) is 48.5 Å². The number of hydrogen-bond donors (Lipinski definition) is 1. The van der Waals surface area contributed by atoms with Crippen LogP contribution in [0.5, 0.6) is 0 Å². The van der Waals surface area contributed by atoms with Crippen LogP contribution in [0, 0.1) is 11.3 Å². The normalized spacial score (nSPS) is 23.0. The van der Waals surface area contributed by atoms with Crippen molar-refractivity contribution in [2.45, 2.75) is 32.1 Å². The van der Waals surface area contributed by atoms with Gasteiger partial charge in [0.05, 0.1) is 11.7 Å². The molecule has 0 radical (unpaired) electrons. The van der Waals surface area contributed by atoms with Crippen LogP contribution in [-0.2, 0) is 4.79 Å². The minimum Gasteiger partial charge on any atom is -0.481 e. The molecule has 1 aliphatic heterocycles. The van der Waals surface area contributed by atoms with E-state index in [1.165, 1.54) is 0 Å². The van der Waals surface area contributed by atoms with Gasteiger partial charge in [0.25, 0.3) is 5.91 Å². The molecule has 26 heavy (non-hydrogen) atoms. The monoisotopic (exact) mass is 353 g/mol.